The molecule has 4 rings (SSSR count). The molecular formula is C23H20N2O5S. The number of hydrogen-bond acceptors (Lipinski definition) is 6. The summed E-state index contributed by atoms with van der Waals surface area (Å²) in [6.07, 6.45) is 0.110. The van der Waals surface area contributed by atoms with Crippen molar-refractivity contribution in [2.24, 2.45) is 0 Å². The molecule has 0 bridgehead atoms. The number of amides is 2. The van der Waals surface area contributed by atoms with Crippen LogP contribution in [0, 0.1) is 0 Å². The molecule has 0 fully saturated rings. The van der Waals surface area contributed by atoms with Gasteiger partial charge in [0.25, 0.3) is 5.91 Å². The van der Waals surface area contributed by atoms with Gasteiger partial charge in [-0.25, -0.2) is 0 Å². The van der Waals surface area contributed by atoms with Crippen molar-refractivity contribution in [1.82, 2.24) is 0 Å². The Kier molecular flexibility index (Phi) is 6.28. The van der Waals surface area contributed by atoms with Crippen molar-refractivity contribution in [1.29, 1.82) is 0 Å². The quantitative estimate of drug-likeness (QED) is 0.537. The second-order valence-corrected chi connectivity index (χ2v) is 7.79. The fourth-order valence-corrected chi connectivity index (χ4v) is 3.71. The highest BCUT2D eigenvalue weighted by Gasteiger charge is 2.16. The summed E-state index contributed by atoms with van der Waals surface area (Å²) in [7, 11) is 0. The predicted molar refractivity (Wildman–Crippen MR) is 118 cm³/mol. The van der Waals surface area contributed by atoms with E-state index in [-0.39, 0.29) is 30.4 Å². The van der Waals surface area contributed by atoms with Crippen molar-refractivity contribution in [3.63, 3.8) is 0 Å². The molecule has 0 aliphatic carbocycles. The van der Waals surface area contributed by atoms with Crippen molar-refractivity contribution in [2.45, 2.75) is 12.8 Å². The van der Waals surface area contributed by atoms with Gasteiger partial charge in [-0.2, -0.15) is 0 Å². The number of Topliss-reactive ketones (excluding diaryl/α,β-unsaturated/α-hetero) is 1. The van der Waals surface area contributed by atoms with Crippen molar-refractivity contribution >= 4 is 40.3 Å². The lowest BCUT2D eigenvalue weighted by Crippen LogP contribution is -2.16. The van der Waals surface area contributed by atoms with Crippen LogP contribution in [0.25, 0.3) is 0 Å². The van der Waals surface area contributed by atoms with E-state index in [4.69, 9.17) is 9.47 Å². The van der Waals surface area contributed by atoms with Crippen LogP contribution in [-0.4, -0.2) is 30.8 Å². The fraction of sp³-hybridized carbons (Fsp3) is 0.174. The predicted octanol–water partition coefficient (Wildman–Crippen LogP) is 4.37. The number of benzene rings is 2. The molecule has 1 aliphatic heterocycles. The molecule has 2 aromatic carbocycles. The Morgan fingerprint density at radius 1 is 0.839 bits per heavy atom. The Hall–Kier alpha value is -3.65. The number of ketones is 1. The van der Waals surface area contributed by atoms with Crippen LogP contribution < -0.4 is 20.1 Å². The summed E-state index contributed by atoms with van der Waals surface area (Å²) in [5.74, 6) is 0.523. The maximum atomic E-state index is 12.5. The van der Waals surface area contributed by atoms with Gasteiger partial charge in [-0.3, -0.25) is 14.4 Å². The molecule has 0 spiro atoms. The summed E-state index contributed by atoms with van der Waals surface area (Å²) in [6.45, 7) is 0.930. The number of carbonyl (C=O) groups is 3. The molecule has 31 heavy (non-hydrogen) atoms. The lowest BCUT2D eigenvalue weighted by atomic mass is 10.1. The van der Waals surface area contributed by atoms with Crippen LogP contribution >= 0.6 is 11.3 Å². The van der Waals surface area contributed by atoms with E-state index in [9.17, 15) is 14.4 Å². The summed E-state index contributed by atoms with van der Waals surface area (Å²) in [6, 6.07) is 15.5. The van der Waals surface area contributed by atoms with Crippen LogP contribution in [0.5, 0.6) is 11.5 Å². The number of ether oxygens (including phenoxy) is 2. The second-order valence-electron chi connectivity index (χ2n) is 6.84. The van der Waals surface area contributed by atoms with Gasteiger partial charge in [0.1, 0.15) is 13.2 Å². The van der Waals surface area contributed by atoms with Gasteiger partial charge >= 0.3 is 0 Å². The molecule has 0 saturated heterocycles. The molecule has 0 saturated carbocycles. The topological polar surface area (TPSA) is 93.7 Å². The maximum absolute atomic E-state index is 12.5. The molecule has 3 aromatic rings. The highest BCUT2D eigenvalue weighted by molar-refractivity contribution is 7.12. The number of anilines is 2. The van der Waals surface area contributed by atoms with E-state index in [2.05, 4.69) is 10.6 Å². The highest BCUT2D eigenvalue weighted by atomic mass is 32.1. The Bertz CT molecular complexity index is 1110. The summed E-state index contributed by atoms with van der Waals surface area (Å²) in [4.78, 5) is 37.5. The number of thiophene rings is 1. The van der Waals surface area contributed by atoms with Crippen molar-refractivity contribution in [3.8, 4) is 11.5 Å². The molecule has 8 heteroatoms. The fourth-order valence-electron chi connectivity index (χ4n) is 3.09. The average molecular weight is 436 g/mol. The van der Waals surface area contributed by atoms with Crippen LogP contribution in [0.3, 0.4) is 0 Å². The first kappa shape index (κ1) is 20.6. The third kappa shape index (κ3) is 5.29. The monoisotopic (exact) mass is 436 g/mol. The zero-order valence-corrected chi connectivity index (χ0v) is 17.4. The Morgan fingerprint density at radius 2 is 1.61 bits per heavy atom. The molecule has 2 N–H and O–H groups in total. The Morgan fingerprint density at radius 3 is 2.39 bits per heavy atom. The van der Waals surface area contributed by atoms with Crippen LogP contribution in [-0.2, 0) is 4.79 Å². The van der Waals surface area contributed by atoms with Crippen molar-refractivity contribution < 1.29 is 23.9 Å². The third-order valence-corrected chi connectivity index (χ3v) is 5.46. The smallest absolute Gasteiger partial charge is 0.265 e. The minimum Gasteiger partial charge on any atom is -0.486 e. The Labute approximate surface area is 183 Å². The minimum atomic E-state index is -0.285. The van der Waals surface area contributed by atoms with Crippen LogP contribution in [0.15, 0.2) is 60.0 Å². The van der Waals surface area contributed by atoms with Gasteiger partial charge in [-0.1, -0.05) is 12.1 Å². The number of nitrogens with one attached hydrogen (secondary N) is 2. The number of carbonyl (C=O) groups excluding carboxylic acids is 3. The number of rotatable bonds is 7. The molecule has 1 aliphatic rings. The molecule has 2 amide bonds. The molecule has 7 nitrogen and oxygen atoms in total. The van der Waals surface area contributed by atoms with Crippen LogP contribution in [0.1, 0.15) is 32.9 Å². The van der Waals surface area contributed by atoms with Gasteiger partial charge in [-0.05, 0) is 47.8 Å². The molecular weight excluding hydrogens is 416 g/mol. The van der Waals surface area contributed by atoms with Gasteiger partial charge < -0.3 is 20.1 Å². The summed E-state index contributed by atoms with van der Waals surface area (Å²) in [5, 5.41) is 7.39. The largest absolute Gasteiger partial charge is 0.486 e. The second kappa shape index (κ2) is 9.44. The summed E-state index contributed by atoms with van der Waals surface area (Å²) < 4.78 is 10.9. The molecule has 158 valence electrons. The van der Waals surface area contributed by atoms with Gasteiger partial charge in [0.2, 0.25) is 5.91 Å². The first-order chi connectivity index (χ1) is 15.1. The van der Waals surface area contributed by atoms with E-state index >= 15 is 0 Å². The normalized spacial score (nSPS) is 12.1. The summed E-state index contributed by atoms with van der Waals surface area (Å²) in [5.41, 5.74) is 1.60. The van der Waals surface area contributed by atoms with E-state index < -0.39 is 0 Å². The maximum Gasteiger partial charge on any atom is 0.265 e. The first-order valence-electron chi connectivity index (χ1n) is 9.76. The van der Waals surface area contributed by atoms with Crippen molar-refractivity contribution in [2.75, 3.05) is 23.8 Å². The third-order valence-electron chi connectivity index (χ3n) is 4.59. The SMILES string of the molecule is O=C(CCC(=O)c1ccc2c(c1)OCCO2)Nc1cccc(NC(=O)c2cccs2)c1. The van der Waals surface area contributed by atoms with E-state index in [1.807, 2.05) is 11.4 Å². The molecule has 0 unspecified atom stereocenters. The van der Waals surface area contributed by atoms with E-state index in [1.54, 1.807) is 48.5 Å². The lowest BCUT2D eigenvalue weighted by molar-refractivity contribution is -0.116. The molecule has 0 atom stereocenters. The van der Waals surface area contributed by atoms with E-state index in [0.717, 1.165) is 0 Å². The lowest BCUT2D eigenvalue weighted by Gasteiger charge is -2.18. The van der Waals surface area contributed by atoms with Gasteiger partial charge in [-0.15, -0.1) is 11.3 Å². The average Bonchev–Trinajstić information content (AvgIpc) is 3.32. The molecule has 1 aromatic heterocycles. The molecule has 2 heterocycles. The van der Waals surface area contributed by atoms with Crippen molar-refractivity contribution in [3.05, 3.63) is 70.4 Å². The molecule has 0 radical (unpaired) electrons. The number of hydrogen-bond donors (Lipinski definition) is 2. The zero-order valence-electron chi connectivity index (χ0n) is 16.6. The summed E-state index contributed by atoms with van der Waals surface area (Å²) >= 11 is 1.35. The highest BCUT2D eigenvalue weighted by Crippen LogP contribution is 2.31. The minimum absolute atomic E-state index is 0.0407. The van der Waals surface area contributed by atoms with Crippen LogP contribution in [0.4, 0.5) is 11.4 Å². The standard InChI is InChI=1S/C23H20N2O5S/c26-18(15-6-8-19-20(13-15)30-11-10-29-19)7-9-22(27)24-16-3-1-4-17(14-16)25-23(28)21-5-2-12-31-21/h1-6,8,12-14H,7,9-11H2,(H,24,27)(H,25,28). The Balaban J connectivity index is 1.30. The zero-order chi connectivity index (χ0) is 21.6. The van der Waals surface area contributed by atoms with Gasteiger partial charge in [0.05, 0.1) is 4.88 Å². The van der Waals surface area contributed by atoms with Crippen LogP contribution in [0.2, 0.25) is 0 Å². The van der Waals surface area contributed by atoms with E-state index in [0.29, 0.717) is 46.5 Å². The van der Waals surface area contributed by atoms with Gasteiger partial charge in [0.15, 0.2) is 17.3 Å². The number of fused-ring (bicyclic) bond motifs is 1. The van der Waals surface area contributed by atoms with E-state index in [1.165, 1.54) is 11.3 Å². The van der Waals surface area contributed by atoms with Gasteiger partial charge in [0, 0.05) is 29.8 Å². The first-order valence-corrected chi connectivity index (χ1v) is 10.6.